The van der Waals surface area contributed by atoms with Crippen LogP contribution in [0.4, 0.5) is 0 Å². The van der Waals surface area contributed by atoms with Crippen LogP contribution < -0.4 is 5.59 Å². The Kier molecular flexibility index (Phi) is 4.39. The molecule has 30 heavy (non-hydrogen) atoms. The number of fused-ring (bicyclic) bond motifs is 2. The first kappa shape index (κ1) is 19.5. The maximum absolute atomic E-state index is 6.43. The summed E-state index contributed by atoms with van der Waals surface area (Å²) in [5, 5.41) is 9.32. The Morgan fingerprint density at radius 3 is 2.53 bits per heavy atom. The lowest BCUT2D eigenvalue weighted by molar-refractivity contribution is -0.0153. The molecule has 0 amide bonds. The van der Waals surface area contributed by atoms with Crippen molar-refractivity contribution in [3.8, 4) is 0 Å². The maximum atomic E-state index is 6.43. The van der Waals surface area contributed by atoms with Crippen molar-refractivity contribution in [3.63, 3.8) is 0 Å². The summed E-state index contributed by atoms with van der Waals surface area (Å²) in [5.41, 5.74) is 3.14. The molecule has 1 saturated heterocycles. The van der Waals surface area contributed by atoms with E-state index < -0.39 is 18.3 Å². The number of aromatic nitrogens is 6. The van der Waals surface area contributed by atoms with Gasteiger partial charge in [-0.3, -0.25) is 0 Å². The van der Waals surface area contributed by atoms with E-state index in [1.807, 2.05) is 37.5 Å². The molecule has 0 saturated carbocycles. The molecule has 5 rings (SSSR count). The summed E-state index contributed by atoms with van der Waals surface area (Å²) in [5.74, 6) is 0. The van der Waals surface area contributed by atoms with Crippen LogP contribution in [0.3, 0.4) is 0 Å². The van der Waals surface area contributed by atoms with Crippen LogP contribution in [0.5, 0.6) is 0 Å². The lowest BCUT2D eigenvalue weighted by atomic mass is 9.83. The molecule has 10 heteroatoms. The van der Waals surface area contributed by atoms with Gasteiger partial charge >= 0.3 is 7.12 Å². The number of rotatable bonds is 4. The highest BCUT2D eigenvalue weighted by Gasteiger charge is 2.55. The molecule has 1 unspecified atom stereocenters. The molecule has 0 spiro atoms. The van der Waals surface area contributed by atoms with Gasteiger partial charge in [-0.2, -0.15) is 10.2 Å². The van der Waals surface area contributed by atoms with Crippen molar-refractivity contribution < 1.29 is 9.31 Å². The summed E-state index contributed by atoms with van der Waals surface area (Å²) in [7, 11) is -0.543. The highest BCUT2D eigenvalue weighted by molar-refractivity contribution is 6.61. The minimum Gasteiger partial charge on any atom is -0.398 e. The molecule has 1 aliphatic heterocycles. The van der Waals surface area contributed by atoms with E-state index in [1.165, 1.54) is 0 Å². The predicted molar refractivity (Wildman–Crippen MR) is 114 cm³/mol. The molecule has 4 aromatic rings. The van der Waals surface area contributed by atoms with Crippen molar-refractivity contribution in [2.45, 2.75) is 51.7 Å². The number of hydrogen-bond acceptors (Lipinski definition) is 6. The SMILES string of the molecule is Cc1cn2nc(B3OC(C)(C)C(C)(CCc4cn5nc(Cl)ccc5n4)O3)ccc2n1. The molecular formula is C20H22BClN6O2. The van der Waals surface area contributed by atoms with Crippen LogP contribution in [0.25, 0.3) is 11.3 Å². The number of hydrogen-bond donors (Lipinski definition) is 0. The quantitative estimate of drug-likeness (QED) is 0.469. The fraction of sp³-hybridized carbons (Fsp3) is 0.400. The number of aryl methyl sites for hydroxylation is 2. The monoisotopic (exact) mass is 424 g/mol. The smallest absolute Gasteiger partial charge is 0.398 e. The lowest BCUT2D eigenvalue weighted by Gasteiger charge is -2.36. The van der Waals surface area contributed by atoms with E-state index in [4.69, 9.17) is 20.9 Å². The molecule has 0 aliphatic carbocycles. The molecular weight excluding hydrogens is 403 g/mol. The van der Waals surface area contributed by atoms with Gasteiger partial charge in [-0.25, -0.2) is 19.0 Å². The highest BCUT2D eigenvalue weighted by atomic mass is 35.5. The van der Waals surface area contributed by atoms with Gasteiger partial charge in [-0.1, -0.05) is 11.6 Å². The van der Waals surface area contributed by atoms with Crippen molar-refractivity contribution in [1.82, 2.24) is 29.2 Å². The van der Waals surface area contributed by atoms with Crippen LogP contribution in [0.15, 0.2) is 36.7 Å². The zero-order valence-corrected chi connectivity index (χ0v) is 18.1. The molecule has 1 atom stereocenters. The summed E-state index contributed by atoms with van der Waals surface area (Å²) < 4.78 is 16.2. The van der Waals surface area contributed by atoms with Gasteiger partial charge in [0.1, 0.15) is 5.15 Å². The fourth-order valence-corrected chi connectivity index (χ4v) is 3.96. The van der Waals surface area contributed by atoms with E-state index >= 15 is 0 Å². The maximum Gasteiger partial charge on any atom is 0.516 e. The zero-order valence-electron chi connectivity index (χ0n) is 17.3. The summed E-state index contributed by atoms with van der Waals surface area (Å²) in [6, 6.07) is 7.43. The summed E-state index contributed by atoms with van der Waals surface area (Å²) >= 11 is 5.97. The van der Waals surface area contributed by atoms with Crippen LogP contribution in [-0.4, -0.2) is 47.5 Å². The topological polar surface area (TPSA) is 78.8 Å². The third-order valence-electron chi connectivity index (χ3n) is 5.94. The van der Waals surface area contributed by atoms with E-state index in [-0.39, 0.29) is 0 Å². The Hall–Kier alpha value is -2.49. The summed E-state index contributed by atoms with van der Waals surface area (Å²) in [4.78, 5) is 9.05. The number of imidazole rings is 2. The van der Waals surface area contributed by atoms with Crippen LogP contribution in [-0.2, 0) is 15.7 Å². The second-order valence-corrected chi connectivity index (χ2v) is 8.83. The van der Waals surface area contributed by atoms with E-state index in [0.717, 1.165) is 41.1 Å². The zero-order chi connectivity index (χ0) is 21.1. The molecule has 1 fully saturated rings. The van der Waals surface area contributed by atoms with E-state index in [1.54, 1.807) is 15.1 Å². The molecule has 0 aromatic carbocycles. The van der Waals surface area contributed by atoms with Crippen LogP contribution in [0.1, 0.15) is 38.6 Å². The number of halogens is 1. The first-order valence-electron chi connectivity index (χ1n) is 9.92. The van der Waals surface area contributed by atoms with E-state index in [0.29, 0.717) is 5.15 Å². The molecule has 4 aromatic heterocycles. The Morgan fingerprint density at radius 2 is 1.70 bits per heavy atom. The van der Waals surface area contributed by atoms with Crippen LogP contribution in [0, 0.1) is 6.92 Å². The van der Waals surface area contributed by atoms with Gasteiger partial charge in [0.25, 0.3) is 0 Å². The molecule has 154 valence electrons. The average molecular weight is 425 g/mol. The van der Waals surface area contributed by atoms with Crippen molar-refractivity contribution in [1.29, 1.82) is 0 Å². The standard InChI is InChI=1S/C20H22BClN6O2/c1-13-11-27-17(23-13)7-5-15(25-27)21-29-19(2,3)20(4,30-21)10-9-14-12-28-18(24-14)8-6-16(22)26-28/h5-8,11-12H,9-10H2,1-4H3. The van der Waals surface area contributed by atoms with Gasteiger partial charge in [-0.15, -0.1) is 0 Å². The van der Waals surface area contributed by atoms with E-state index in [2.05, 4.69) is 40.9 Å². The van der Waals surface area contributed by atoms with Gasteiger partial charge in [0.2, 0.25) is 0 Å². The lowest BCUT2D eigenvalue weighted by Crippen LogP contribution is -2.45. The Morgan fingerprint density at radius 1 is 0.967 bits per heavy atom. The summed E-state index contributed by atoms with van der Waals surface area (Å²) in [6.45, 7) is 8.13. The van der Waals surface area contributed by atoms with E-state index in [9.17, 15) is 0 Å². The minimum absolute atomic E-state index is 0.437. The van der Waals surface area contributed by atoms with Crippen LogP contribution in [0.2, 0.25) is 5.15 Å². The molecule has 0 N–H and O–H groups in total. The Labute approximate surface area is 179 Å². The first-order chi connectivity index (χ1) is 14.2. The van der Waals surface area contributed by atoms with Crippen molar-refractivity contribution in [2.24, 2.45) is 0 Å². The van der Waals surface area contributed by atoms with Gasteiger partial charge in [0.05, 0.1) is 40.6 Å². The third-order valence-corrected chi connectivity index (χ3v) is 6.14. The Balaban J connectivity index is 1.36. The third kappa shape index (κ3) is 3.27. The fourth-order valence-electron chi connectivity index (χ4n) is 3.81. The highest BCUT2D eigenvalue weighted by Crippen LogP contribution is 2.40. The van der Waals surface area contributed by atoms with Gasteiger partial charge in [0.15, 0.2) is 11.3 Å². The van der Waals surface area contributed by atoms with Gasteiger partial charge in [-0.05, 0) is 64.8 Å². The van der Waals surface area contributed by atoms with Crippen molar-refractivity contribution >= 4 is 35.6 Å². The Bertz CT molecular complexity index is 1250. The number of nitrogens with zero attached hydrogens (tertiary/aromatic N) is 6. The normalized spacial score (nSPS) is 21.2. The van der Waals surface area contributed by atoms with Crippen molar-refractivity contribution in [3.05, 3.63) is 53.2 Å². The van der Waals surface area contributed by atoms with Crippen molar-refractivity contribution in [2.75, 3.05) is 0 Å². The molecule has 0 bridgehead atoms. The molecule has 0 radical (unpaired) electrons. The largest absolute Gasteiger partial charge is 0.516 e. The first-order valence-corrected chi connectivity index (χ1v) is 10.3. The van der Waals surface area contributed by atoms with Gasteiger partial charge < -0.3 is 9.31 Å². The molecule has 1 aliphatic rings. The van der Waals surface area contributed by atoms with Crippen LogP contribution >= 0.6 is 11.6 Å². The minimum atomic E-state index is -0.543. The van der Waals surface area contributed by atoms with Gasteiger partial charge in [0, 0.05) is 0 Å². The second kappa shape index (κ2) is 6.76. The predicted octanol–water partition coefficient (Wildman–Crippen LogP) is 2.65. The average Bonchev–Trinajstić information content (AvgIpc) is 3.32. The summed E-state index contributed by atoms with van der Waals surface area (Å²) in [6.07, 6.45) is 5.26. The molecule has 8 nitrogen and oxygen atoms in total. The second-order valence-electron chi connectivity index (χ2n) is 8.44. The molecule has 5 heterocycles.